The van der Waals surface area contributed by atoms with Crippen molar-refractivity contribution < 1.29 is 9.72 Å². The molecule has 1 atom stereocenters. The first kappa shape index (κ1) is 21.1. The van der Waals surface area contributed by atoms with Gasteiger partial charge in [0.15, 0.2) is 11.0 Å². The van der Waals surface area contributed by atoms with Crippen LogP contribution in [0.15, 0.2) is 47.6 Å². The topological polar surface area (TPSA) is 103 Å². The van der Waals surface area contributed by atoms with Crippen molar-refractivity contribution in [3.8, 4) is 11.4 Å². The predicted octanol–water partition coefficient (Wildman–Crippen LogP) is 4.82. The maximum absolute atomic E-state index is 12.5. The molecule has 1 amide bonds. The number of rotatable bonds is 6. The standard InChI is InChI=1S/C18H15Cl2N5O3S/c1-10(17(26)21-15-9-13(25(27)28)7-8-14(15)20)29-18-23-22-16(24(18)2)11-3-5-12(19)6-4-11/h3-10H,1-2H3,(H,21,26)/t10-/m1/s1. The van der Waals surface area contributed by atoms with E-state index in [0.717, 1.165) is 5.56 Å². The lowest BCUT2D eigenvalue weighted by Crippen LogP contribution is -2.23. The molecule has 0 bridgehead atoms. The fourth-order valence-corrected chi connectivity index (χ4v) is 3.54. The van der Waals surface area contributed by atoms with Crippen LogP contribution in [-0.2, 0) is 11.8 Å². The van der Waals surface area contributed by atoms with E-state index >= 15 is 0 Å². The van der Waals surface area contributed by atoms with Crippen LogP contribution in [0.5, 0.6) is 0 Å². The highest BCUT2D eigenvalue weighted by Gasteiger charge is 2.21. The van der Waals surface area contributed by atoms with Crippen molar-refractivity contribution in [3.05, 3.63) is 62.6 Å². The second-order valence-corrected chi connectivity index (χ2v) is 8.19. The van der Waals surface area contributed by atoms with Gasteiger partial charge in [0.05, 0.1) is 20.9 Å². The van der Waals surface area contributed by atoms with Gasteiger partial charge in [0.1, 0.15) is 0 Å². The molecule has 1 heterocycles. The Balaban J connectivity index is 1.73. The number of hydrogen-bond donors (Lipinski definition) is 1. The molecule has 3 aromatic rings. The first-order chi connectivity index (χ1) is 13.8. The first-order valence-corrected chi connectivity index (χ1v) is 9.96. The molecule has 8 nitrogen and oxygen atoms in total. The van der Waals surface area contributed by atoms with Crippen molar-refractivity contribution in [2.45, 2.75) is 17.3 Å². The second kappa shape index (κ2) is 8.81. The lowest BCUT2D eigenvalue weighted by atomic mass is 10.2. The molecule has 0 unspecified atom stereocenters. The maximum atomic E-state index is 12.5. The highest BCUT2D eigenvalue weighted by atomic mass is 35.5. The molecule has 0 saturated carbocycles. The minimum absolute atomic E-state index is 0.161. The van der Waals surface area contributed by atoms with E-state index < -0.39 is 10.2 Å². The van der Waals surface area contributed by atoms with Gasteiger partial charge in [-0.3, -0.25) is 14.9 Å². The van der Waals surface area contributed by atoms with Gasteiger partial charge in [-0.15, -0.1) is 10.2 Å². The van der Waals surface area contributed by atoms with Gasteiger partial charge in [-0.05, 0) is 37.3 Å². The van der Waals surface area contributed by atoms with Crippen molar-refractivity contribution >= 4 is 52.2 Å². The molecule has 2 aromatic carbocycles. The Morgan fingerprint density at radius 3 is 2.55 bits per heavy atom. The van der Waals surface area contributed by atoms with E-state index in [2.05, 4.69) is 15.5 Å². The van der Waals surface area contributed by atoms with E-state index in [1.54, 1.807) is 30.7 Å². The van der Waals surface area contributed by atoms with E-state index in [4.69, 9.17) is 23.2 Å². The van der Waals surface area contributed by atoms with E-state index in [9.17, 15) is 14.9 Å². The SMILES string of the molecule is C[C@@H](Sc1nnc(-c2ccc(Cl)cc2)n1C)C(=O)Nc1cc([N+](=O)[O-])ccc1Cl. The Kier molecular flexibility index (Phi) is 6.41. The molecule has 0 fully saturated rings. The number of nitro benzene ring substituents is 1. The molecular formula is C18H15Cl2N5O3S. The summed E-state index contributed by atoms with van der Waals surface area (Å²) in [5.41, 5.74) is 0.862. The Hall–Kier alpha value is -2.62. The van der Waals surface area contributed by atoms with Crippen LogP contribution in [0.3, 0.4) is 0 Å². The molecular weight excluding hydrogens is 437 g/mol. The number of aromatic nitrogens is 3. The maximum Gasteiger partial charge on any atom is 0.271 e. The zero-order valence-corrected chi connectivity index (χ0v) is 17.6. The van der Waals surface area contributed by atoms with Crippen LogP contribution in [0.4, 0.5) is 11.4 Å². The van der Waals surface area contributed by atoms with Crippen LogP contribution in [0, 0.1) is 10.1 Å². The molecule has 3 rings (SSSR count). The number of nitrogens with zero attached hydrogens (tertiary/aromatic N) is 4. The minimum Gasteiger partial charge on any atom is -0.324 e. The average Bonchev–Trinajstić information content (AvgIpc) is 3.04. The number of carbonyl (C=O) groups excluding carboxylic acids is 1. The zero-order chi connectivity index (χ0) is 21.1. The van der Waals surface area contributed by atoms with Crippen LogP contribution in [0.25, 0.3) is 11.4 Å². The number of carbonyl (C=O) groups is 1. The Morgan fingerprint density at radius 2 is 1.90 bits per heavy atom. The third-order valence-corrected chi connectivity index (χ3v) is 5.72. The molecule has 0 aliphatic rings. The molecule has 0 aliphatic carbocycles. The minimum atomic E-state index is -0.554. The number of amides is 1. The number of halogens is 2. The molecule has 29 heavy (non-hydrogen) atoms. The summed E-state index contributed by atoms with van der Waals surface area (Å²) in [6.07, 6.45) is 0. The molecule has 11 heteroatoms. The fraction of sp³-hybridized carbons (Fsp3) is 0.167. The summed E-state index contributed by atoms with van der Waals surface area (Å²) in [7, 11) is 1.80. The highest BCUT2D eigenvalue weighted by Crippen LogP contribution is 2.30. The summed E-state index contributed by atoms with van der Waals surface area (Å²) in [6.45, 7) is 1.70. The molecule has 1 N–H and O–H groups in total. The number of hydrogen-bond acceptors (Lipinski definition) is 6. The largest absolute Gasteiger partial charge is 0.324 e. The Labute approximate surface area is 180 Å². The van der Waals surface area contributed by atoms with E-state index in [0.29, 0.717) is 16.0 Å². The summed E-state index contributed by atoms with van der Waals surface area (Å²) in [5, 5.41) is 22.7. The molecule has 150 valence electrons. The van der Waals surface area contributed by atoms with Crippen molar-refractivity contribution in [3.63, 3.8) is 0 Å². The Morgan fingerprint density at radius 1 is 1.21 bits per heavy atom. The van der Waals surface area contributed by atoms with Crippen LogP contribution in [-0.4, -0.2) is 30.8 Å². The molecule has 0 radical (unpaired) electrons. The normalized spacial score (nSPS) is 11.9. The van der Waals surface area contributed by atoms with Gasteiger partial charge in [-0.25, -0.2) is 0 Å². The number of nitrogens with one attached hydrogen (secondary N) is 1. The smallest absolute Gasteiger partial charge is 0.271 e. The van der Waals surface area contributed by atoms with Gasteiger partial charge in [0, 0.05) is 29.8 Å². The van der Waals surface area contributed by atoms with Gasteiger partial charge in [-0.1, -0.05) is 35.0 Å². The van der Waals surface area contributed by atoms with Crippen LogP contribution in [0.2, 0.25) is 10.0 Å². The molecule has 1 aromatic heterocycles. The van der Waals surface area contributed by atoms with Crippen LogP contribution in [0.1, 0.15) is 6.92 Å². The first-order valence-electron chi connectivity index (χ1n) is 8.33. The van der Waals surface area contributed by atoms with Crippen molar-refractivity contribution in [1.29, 1.82) is 0 Å². The third kappa shape index (κ3) is 4.87. The van der Waals surface area contributed by atoms with Gasteiger partial charge in [0.25, 0.3) is 5.69 Å². The lowest BCUT2D eigenvalue weighted by molar-refractivity contribution is -0.384. The lowest BCUT2D eigenvalue weighted by Gasteiger charge is -2.12. The average molecular weight is 452 g/mol. The van der Waals surface area contributed by atoms with Gasteiger partial charge in [0.2, 0.25) is 5.91 Å². The summed E-state index contributed by atoms with van der Waals surface area (Å²) in [4.78, 5) is 22.9. The second-order valence-electron chi connectivity index (χ2n) is 6.04. The van der Waals surface area contributed by atoms with E-state index in [1.807, 2.05) is 12.1 Å². The van der Waals surface area contributed by atoms with Gasteiger partial charge in [-0.2, -0.15) is 0 Å². The number of non-ortho nitro benzene ring substituents is 1. The summed E-state index contributed by atoms with van der Waals surface area (Å²) >= 11 is 13.2. The third-order valence-electron chi connectivity index (χ3n) is 4.01. The van der Waals surface area contributed by atoms with Crippen LogP contribution >= 0.6 is 35.0 Å². The predicted molar refractivity (Wildman–Crippen MR) is 114 cm³/mol. The quantitative estimate of drug-likeness (QED) is 0.327. The van der Waals surface area contributed by atoms with Gasteiger partial charge < -0.3 is 9.88 Å². The summed E-state index contributed by atoms with van der Waals surface area (Å²) < 4.78 is 1.78. The molecule has 0 aliphatic heterocycles. The zero-order valence-electron chi connectivity index (χ0n) is 15.3. The Bertz CT molecular complexity index is 1070. The van der Waals surface area contributed by atoms with Crippen molar-refractivity contribution in [2.24, 2.45) is 7.05 Å². The van der Waals surface area contributed by atoms with Crippen molar-refractivity contribution in [2.75, 3.05) is 5.32 Å². The summed E-state index contributed by atoms with van der Waals surface area (Å²) in [5.74, 6) is 0.270. The molecule has 0 saturated heterocycles. The van der Waals surface area contributed by atoms with E-state index in [-0.39, 0.29) is 22.3 Å². The number of anilines is 1. The number of benzene rings is 2. The van der Waals surface area contributed by atoms with Gasteiger partial charge >= 0.3 is 0 Å². The number of thioether (sulfide) groups is 1. The number of nitro groups is 1. The van der Waals surface area contributed by atoms with E-state index in [1.165, 1.54) is 30.0 Å². The summed E-state index contributed by atoms with van der Waals surface area (Å²) in [6, 6.07) is 11.1. The highest BCUT2D eigenvalue weighted by molar-refractivity contribution is 8.00. The monoisotopic (exact) mass is 451 g/mol. The molecule has 0 spiro atoms. The van der Waals surface area contributed by atoms with Crippen LogP contribution < -0.4 is 5.32 Å². The fourth-order valence-electron chi connectivity index (χ4n) is 2.44. The van der Waals surface area contributed by atoms with Crippen molar-refractivity contribution in [1.82, 2.24) is 14.8 Å².